The van der Waals surface area contributed by atoms with Gasteiger partial charge in [0, 0.05) is 19.4 Å². The third-order valence-electron chi connectivity index (χ3n) is 3.85. The molecule has 1 atom stereocenters. The molecule has 0 spiro atoms. The molecule has 2 aliphatic heterocycles. The summed E-state index contributed by atoms with van der Waals surface area (Å²) in [7, 11) is 0. The number of nitrogens with zero attached hydrogens (tertiary/aromatic N) is 2. The van der Waals surface area contributed by atoms with Crippen LogP contribution in [0.1, 0.15) is 58.3 Å². The zero-order chi connectivity index (χ0) is 14.4. The van der Waals surface area contributed by atoms with Gasteiger partial charge in [0.05, 0.1) is 6.54 Å². The van der Waals surface area contributed by atoms with Gasteiger partial charge >= 0.3 is 0 Å². The van der Waals surface area contributed by atoms with Crippen molar-refractivity contribution in [2.24, 2.45) is 0 Å². The van der Waals surface area contributed by atoms with Crippen molar-refractivity contribution in [2.75, 3.05) is 13.1 Å². The first kappa shape index (κ1) is 15.3. The van der Waals surface area contributed by atoms with Gasteiger partial charge in [-0.25, -0.2) is 0 Å². The second-order valence-electron chi connectivity index (χ2n) is 5.47. The Morgan fingerprint density at radius 1 is 0.900 bits per heavy atom. The van der Waals surface area contributed by atoms with Gasteiger partial charge in [-0.05, 0) is 32.6 Å². The van der Waals surface area contributed by atoms with Crippen molar-refractivity contribution >= 4 is 11.8 Å². The highest BCUT2D eigenvalue weighted by Crippen LogP contribution is 2.16. The van der Waals surface area contributed by atoms with Crippen LogP contribution in [-0.4, -0.2) is 41.1 Å². The summed E-state index contributed by atoms with van der Waals surface area (Å²) in [6.07, 6.45) is 6.46. The number of hydroxylamine groups is 2. The van der Waals surface area contributed by atoms with E-state index < -0.39 is 6.23 Å². The molecule has 0 aliphatic carbocycles. The van der Waals surface area contributed by atoms with E-state index in [0.717, 1.165) is 38.5 Å². The zero-order valence-electron chi connectivity index (χ0n) is 12.2. The smallest absolute Gasteiger partial charge is 0.248 e. The summed E-state index contributed by atoms with van der Waals surface area (Å²) in [6, 6.07) is 0. The van der Waals surface area contributed by atoms with Gasteiger partial charge in [-0.3, -0.25) is 9.59 Å². The minimum Gasteiger partial charge on any atom is -0.314 e. The van der Waals surface area contributed by atoms with E-state index in [1.54, 1.807) is 11.8 Å². The summed E-state index contributed by atoms with van der Waals surface area (Å²) in [5, 5.41) is 1.28. The van der Waals surface area contributed by atoms with E-state index in [4.69, 9.17) is 9.88 Å². The molecule has 6 heteroatoms. The highest BCUT2D eigenvalue weighted by molar-refractivity contribution is 5.76. The van der Waals surface area contributed by atoms with E-state index >= 15 is 0 Å². The Morgan fingerprint density at radius 2 is 1.55 bits per heavy atom. The summed E-state index contributed by atoms with van der Waals surface area (Å²) in [5.41, 5.74) is 0. The van der Waals surface area contributed by atoms with Crippen molar-refractivity contribution in [3.05, 3.63) is 0 Å². The molecule has 114 valence electrons. The maximum Gasteiger partial charge on any atom is 0.248 e. The topological polar surface area (TPSA) is 59.1 Å². The quantitative estimate of drug-likeness (QED) is 0.585. The van der Waals surface area contributed by atoms with E-state index in [0.29, 0.717) is 25.9 Å². The Hall–Kier alpha value is -1.14. The molecule has 0 saturated carbocycles. The lowest BCUT2D eigenvalue weighted by Gasteiger charge is -2.28. The summed E-state index contributed by atoms with van der Waals surface area (Å²) in [5.74, 6) is 0.0534. The first-order valence-electron chi connectivity index (χ1n) is 7.62. The fourth-order valence-electron chi connectivity index (χ4n) is 2.59. The molecule has 0 aromatic heterocycles. The lowest BCUT2D eigenvalue weighted by Crippen LogP contribution is -2.42. The zero-order valence-corrected chi connectivity index (χ0v) is 12.2. The van der Waals surface area contributed by atoms with Gasteiger partial charge in [0.2, 0.25) is 11.8 Å². The maximum absolute atomic E-state index is 11.9. The molecule has 2 rings (SSSR count). The van der Waals surface area contributed by atoms with Crippen molar-refractivity contribution in [1.82, 2.24) is 9.96 Å². The van der Waals surface area contributed by atoms with Gasteiger partial charge in [-0.2, -0.15) is 9.95 Å². The van der Waals surface area contributed by atoms with E-state index in [2.05, 4.69) is 0 Å². The normalized spacial score (nSPS) is 23.4. The molecule has 2 amide bonds. The van der Waals surface area contributed by atoms with Gasteiger partial charge in [-0.1, -0.05) is 12.8 Å². The third kappa shape index (κ3) is 4.18. The predicted molar refractivity (Wildman–Crippen MR) is 72.0 cm³/mol. The average molecular weight is 284 g/mol. The number of likely N-dealkylation sites (tertiary alicyclic amines) is 1. The number of hydrogen-bond donors (Lipinski definition) is 0. The van der Waals surface area contributed by atoms with Crippen LogP contribution in [0, 0.1) is 0 Å². The summed E-state index contributed by atoms with van der Waals surface area (Å²) >= 11 is 0. The molecular formula is C14H24N2O4. The van der Waals surface area contributed by atoms with Gasteiger partial charge in [-0.15, -0.1) is 4.99 Å². The second kappa shape index (κ2) is 7.59. The van der Waals surface area contributed by atoms with Gasteiger partial charge < -0.3 is 4.90 Å². The van der Waals surface area contributed by atoms with Crippen molar-refractivity contribution in [3.63, 3.8) is 0 Å². The maximum atomic E-state index is 11.9. The van der Waals surface area contributed by atoms with Gasteiger partial charge in [0.25, 0.3) is 0 Å². The lowest BCUT2D eigenvalue weighted by atomic mass is 10.2. The molecule has 2 fully saturated rings. The number of carbonyl (C=O) groups excluding carboxylic acids is 2. The average Bonchev–Trinajstić information content (AvgIpc) is 2.77. The number of hydrogen-bond acceptors (Lipinski definition) is 4. The minimum absolute atomic E-state index is 0.0445. The van der Waals surface area contributed by atoms with Crippen LogP contribution < -0.4 is 0 Å². The van der Waals surface area contributed by atoms with Crippen LogP contribution in [0.25, 0.3) is 0 Å². The number of amides is 2. The van der Waals surface area contributed by atoms with Crippen molar-refractivity contribution in [3.8, 4) is 0 Å². The van der Waals surface area contributed by atoms with Crippen molar-refractivity contribution in [2.45, 2.75) is 64.5 Å². The number of carbonyl (C=O) groups is 2. The largest absolute Gasteiger partial charge is 0.314 e. The monoisotopic (exact) mass is 284 g/mol. The van der Waals surface area contributed by atoms with Crippen LogP contribution in [-0.2, 0) is 19.5 Å². The second-order valence-corrected chi connectivity index (χ2v) is 5.47. The Balaban J connectivity index is 1.82. The first-order valence-corrected chi connectivity index (χ1v) is 7.62. The Labute approximate surface area is 119 Å². The van der Waals surface area contributed by atoms with Crippen LogP contribution >= 0.6 is 0 Å². The Kier molecular flexibility index (Phi) is 5.79. The predicted octanol–water partition coefficient (Wildman–Crippen LogP) is 2.00. The van der Waals surface area contributed by atoms with Crippen LogP contribution in [0.5, 0.6) is 0 Å². The van der Waals surface area contributed by atoms with Crippen molar-refractivity contribution < 1.29 is 19.5 Å². The van der Waals surface area contributed by atoms with E-state index in [-0.39, 0.29) is 11.8 Å². The fourth-order valence-corrected chi connectivity index (χ4v) is 2.59. The van der Waals surface area contributed by atoms with Crippen molar-refractivity contribution in [1.29, 1.82) is 0 Å². The molecule has 2 heterocycles. The van der Waals surface area contributed by atoms with E-state index in [1.807, 2.05) is 0 Å². The fraction of sp³-hybridized carbons (Fsp3) is 0.857. The molecule has 2 aliphatic rings. The molecule has 2 saturated heterocycles. The molecular weight excluding hydrogens is 260 g/mol. The van der Waals surface area contributed by atoms with Crippen LogP contribution in [0.3, 0.4) is 0 Å². The summed E-state index contributed by atoms with van der Waals surface area (Å²) < 4.78 is 0. The Morgan fingerprint density at radius 3 is 2.30 bits per heavy atom. The lowest BCUT2D eigenvalue weighted by molar-refractivity contribution is -0.440. The van der Waals surface area contributed by atoms with E-state index in [1.165, 1.54) is 5.06 Å². The van der Waals surface area contributed by atoms with Crippen LogP contribution in [0.2, 0.25) is 0 Å². The minimum atomic E-state index is -0.461. The molecule has 0 aromatic carbocycles. The highest BCUT2D eigenvalue weighted by Gasteiger charge is 2.25. The standard InChI is InChI=1S/C14H24N2O4/c1-12(15-10-6-2-4-8-13(15)17)19-20-16-11-7-3-5-9-14(16)18/h12H,2-11H2,1H3. The van der Waals surface area contributed by atoms with Gasteiger partial charge in [0.15, 0.2) is 6.23 Å². The van der Waals surface area contributed by atoms with Gasteiger partial charge in [0.1, 0.15) is 0 Å². The molecule has 1 unspecified atom stereocenters. The molecule has 20 heavy (non-hydrogen) atoms. The van der Waals surface area contributed by atoms with Crippen LogP contribution in [0.4, 0.5) is 0 Å². The molecule has 0 radical (unpaired) electrons. The SMILES string of the molecule is CC(OON1CCCCCC1=O)N1CCCCCC1=O. The Bertz CT molecular complexity index is 348. The first-order chi connectivity index (χ1) is 9.68. The summed E-state index contributed by atoms with van der Waals surface area (Å²) in [6.45, 7) is 3.03. The molecule has 0 N–H and O–H groups in total. The summed E-state index contributed by atoms with van der Waals surface area (Å²) in [4.78, 5) is 35.8. The molecule has 0 aromatic rings. The molecule has 0 bridgehead atoms. The third-order valence-corrected chi connectivity index (χ3v) is 3.85. The van der Waals surface area contributed by atoms with E-state index in [9.17, 15) is 9.59 Å². The number of rotatable bonds is 4. The highest BCUT2D eigenvalue weighted by atomic mass is 17.3. The molecule has 6 nitrogen and oxygen atoms in total. The van der Waals surface area contributed by atoms with Crippen LogP contribution in [0.15, 0.2) is 0 Å².